The van der Waals surface area contributed by atoms with Crippen LogP contribution in [0.4, 0.5) is 4.39 Å². The van der Waals surface area contributed by atoms with Gasteiger partial charge in [0.1, 0.15) is 10.8 Å². The number of aryl methyl sites for hydroxylation is 1. The van der Waals surface area contributed by atoms with Crippen LogP contribution in [0.5, 0.6) is 5.75 Å². The van der Waals surface area contributed by atoms with Crippen LogP contribution >= 0.6 is 11.3 Å². The number of benzene rings is 1. The van der Waals surface area contributed by atoms with Gasteiger partial charge in [-0.05, 0) is 31.2 Å². The van der Waals surface area contributed by atoms with Gasteiger partial charge in [0.25, 0.3) is 10.0 Å². The molecule has 1 aromatic heterocycles. The molecule has 1 aromatic carbocycles. The number of ether oxygens (including phenoxy) is 1. The average molecular weight is 339 g/mol. The van der Waals surface area contributed by atoms with Crippen LogP contribution in [-0.2, 0) is 10.0 Å². The Bertz CT molecular complexity index is 803. The van der Waals surface area contributed by atoms with Crippen LogP contribution in [0.25, 0.3) is 0 Å². The maximum Gasteiger partial charge on any atom is 0.250 e. The lowest BCUT2D eigenvalue weighted by molar-refractivity contribution is 0.348. The van der Waals surface area contributed by atoms with E-state index in [2.05, 4.69) is 16.6 Å². The van der Waals surface area contributed by atoms with Crippen molar-refractivity contribution < 1.29 is 17.5 Å². The average Bonchev–Trinajstić information content (AvgIpc) is 2.92. The van der Waals surface area contributed by atoms with E-state index in [0.29, 0.717) is 0 Å². The zero-order valence-corrected chi connectivity index (χ0v) is 13.4. The van der Waals surface area contributed by atoms with E-state index in [0.717, 1.165) is 4.88 Å². The first kappa shape index (κ1) is 16.5. The Balaban J connectivity index is 1.81. The Morgan fingerprint density at radius 1 is 1.23 bits per heavy atom. The molecule has 0 aliphatic heterocycles. The van der Waals surface area contributed by atoms with E-state index in [-0.39, 0.29) is 23.1 Å². The van der Waals surface area contributed by atoms with Gasteiger partial charge in [-0.2, -0.15) is 4.72 Å². The standard InChI is InChI=1S/C15H14FNO3S2/c1-12-8-9-15(21-12)22(18,19)17-10-4-5-11-20-14-7-3-2-6-13(14)16/h2-3,6-9,17H,10-11H2,1H3. The van der Waals surface area contributed by atoms with Crippen molar-refractivity contribution in [1.29, 1.82) is 0 Å². The summed E-state index contributed by atoms with van der Waals surface area (Å²) in [5, 5.41) is 0. The zero-order valence-electron chi connectivity index (χ0n) is 11.8. The molecule has 0 unspecified atom stereocenters. The third-order valence-electron chi connectivity index (χ3n) is 2.59. The van der Waals surface area contributed by atoms with Crippen LogP contribution < -0.4 is 9.46 Å². The van der Waals surface area contributed by atoms with Crippen molar-refractivity contribution in [2.75, 3.05) is 13.2 Å². The fourth-order valence-electron chi connectivity index (χ4n) is 1.55. The molecule has 0 atom stereocenters. The van der Waals surface area contributed by atoms with E-state index in [9.17, 15) is 12.8 Å². The van der Waals surface area contributed by atoms with E-state index >= 15 is 0 Å². The minimum atomic E-state index is -3.52. The quantitative estimate of drug-likeness (QED) is 0.852. The monoisotopic (exact) mass is 339 g/mol. The van der Waals surface area contributed by atoms with Crippen LogP contribution in [-0.4, -0.2) is 21.6 Å². The molecule has 0 aliphatic rings. The lowest BCUT2D eigenvalue weighted by Gasteiger charge is -2.02. The summed E-state index contributed by atoms with van der Waals surface area (Å²) in [6.45, 7) is 1.80. The molecule has 0 saturated heterocycles. The molecular weight excluding hydrogens is 325 g/mol. The molecule has 0 spiro atoms. The highest BCUT2D eigenvalue weighted by Crippen LogP contribution is 2.19. The molecule has 0 amide bonds. The largest absolute Gasteiger partial charge is 0.478 e. The number of rotatable bonds is 5. The fourth-order valence-corrected chi connectivity index (χ4v) is 3.80. The molecule has 0 radical (unpaired) electrons. The summed E-state index contributed by atoms with van der Waals surface area (Å²) in [4.78, 5) is 0.921. The SMILES string of the molecule is Cc1ccc(S(=O)(=O)NCC#CCOc2ccccc2F)s1. The molecule has 1 N–H and O–H groups in total. The van der Waals surface area contributed by atoms with Gasteiger partial charge in [-0.3, -0.25) is 0 Å². The first-order valence-electron chi connectivity index (χ1n) is 6.38. The Morgan fingerprint density at radius 3 is 2.68 bits per heavy atom. The van der Waals surface area contributed by atoms with Gasteiger partial charge in [-0.25, -0.2) is 12.8 Å². The lowest BCUT2D eigenvalue weighted by atomic mass is 10.3. The summed E-state index contributed by atoms with van der Waals surface area (Å²) in [7, 11) is -3.52. The molecule has 0 fully saturated rings. The third kappa shape index (κ3) is 4.56. The summed E-state index contributed by atoms with van der Waals surface area (Å²) in [5.41, 5.74) is 0. The number of nitrogens with one attached hydrogen (secondary N) is 1. The summed E-state index contributed by atoms with van der Waals surface area (Å²) in [6, 6.07) is 9.31. The highest BCUT2D eigenvalue weighted by atomic mass is 32.2. The molecule has 7 heteroatoms. The minimum Gasteiger partial charge on any atom is -0.478 e. The van der Waals surface area contributed by atoms with Gasteiger partial charge in [-0.15, -0.1) is 11.3 Å². The summed E-state index contributed by atoms with van der Waals surface area (Å²) in [6.07, 6.45) is 0. The molecule has 4 nitrogen and oxygen atoms in total. The van der Waals surface area contributed by atoms with Crippen LogP contribution in [0, 0.1) is 24.6 Å². The predicted molar refractivity (Wildman–Crippen MR) is 83.9 cm³/mol. The van der Waals surface area contributed by atoms with Gasteiger partial charge in [0.2, 0.25) is 0 Å². The normalized spacial score (nSPS) is 10.8. The van der Waals surface area contributed by atoms with Gasteiger partial charge >= 0.3 is 0 Å². The fraction of sp³-hybridized carbons (Fsp3) is 0.200. The molecule has 22 heavy (non-hydrogen) atoms. The smallest absolute Gasteiger partial charge is 0.250 e. The van der Waals surface area contributed by atoms with Crippen molar-refractivity contribution in [3.63, 3.8) is 0 Å². The van der Waals surface area contributed by atoms with E-state index < -0.39 is 15.8 Å². The minimum absolute atomic E-state index is 0.0131. The maximum absolute atomic E-state index is 13.2. The number of thiophene rings is 1. The lowest BCUT2D eigenvalue weighted by Crippen LogP contribution is -2.23. The summed E-state index contributed by atoms with van der Waals surface area (Å²) >= 11 is 1.20. The number of para-hydroxylation sites is 1. The van der Waals surface area contributed by atoms with Crippen molar-refractivity contribution in [3.8, 4) is 17.6 Å². The van der Waals surface area contributed by atoms with Crippen molar-refractivity contribution in [3.05, 3.63) is 47.1 Å². The number of hydrogen-bond donors (Lipinski definition) is 1. The second-order valence-electron chi connectivity index (χ2n) is 4.26. The first-order chi connectivity index (χ1) is 10.5. The van der Waals surface area contributed by atoms with Crippen molar-refractivity contribution in [2.24, 2.45) is 0 Å². The number of sulfonamides is 1. The highest BCUT2D eigenvalue weighted by molar-refractivity contribution is 7.91. The second kappa shape index (κ2) is 7.40. The van der Waals surface area contributed by atoms with Crippen LogP contribution in [0.1, 0.15) is 4.88 Å². The molecule has 2 rings (SSSR count). The van der Waals surface area contributed by atoms with Crippen LogP contribution in [0.2, 0.25) is 0 Å². The summed E-state index contributed by atoms with van der Waals surface area (Å²) < 4.78 is 44.8. The Morgan fingerprint density at radius 2 is 2.00 bits per heavy atom. The second-order valence-corrected chi connectivity index (χ2v) is 7.54. The van der Waals surface area contributed by atoms with Gasteiger partial charge < -0.3 is 4.74 Å². The summed E-state index contributed by atoms with van der Waals surface area (Å²) in [5.74, 6) is 4.91. The molecule has 0 saturated carbocycles. The topological polar surface area (TPSA) is 55.4 Å². The van der Waals surface area contributed by atoms with Gasteiger partial charge in [0.15, 0.2) is 11.6 Å². The van der Waals surface area contributed by atoms with E-state index in [1.807, 2.05) is 6.92 Å². The van der Waals surface area contributed by atoms with Crippen LogP contribution in [0.3, 0.4) is 0 Å². The van der Waals surface area contributed by atoms with Gasteiger partial charge in [-0.1, -0.05) is 24.0 Å². The van der Waals surface area contributed by atoms with E-state index in [4.69, 9.17) is 4.74 Å². The molecule has 2 aromatic rings. The molecule has 0 aliphatic carbocycles. The highest BCUT2D eigenvalue weighted by Gasteiger charge is 2.14. The van der Waals surface area contributed by atoms with Gasteiger partial charge in [0, 0.05) is 4.88 Å². The van der Waals surface area contributed by atoms with Gasteiger partial charge in [0.05, 0.1) is 6.54 Å². The first-order valence-corrected chi connectivity index (χ1v) is 8.68. The number of hydrogen-bond acceptors (Lipinski definition) is 4. The predicted octanol–water partition coefficient (Wildman–Crippen LogP) is 2.56. The molecular formula is C15H14FNO3S2. The van der Waals surface area contributed by atoms with Crippen molar-refractivity contribution in [1.82, 2.24) is 4.72 Å². The van der Waals surface area contributed by atoms with E-state index in [1.165, 1.54) is 23.5 Å². The third-order valence-corrected chi connectivity index (χ3v) is 5.49. The van der Waals surface area contributed by atoms with Crippen molar-refractivity contribution >= 4 is 21.4 Å². The molecule has 116 valence electrons. The Labute approximate surface area is 133 Å². The molecule has 1 heterocycles. The Kier molecular flexibility index (Phi) is 5.55. The number of halogens is 1. The van der Waals surface area contributed by atoms with E-state index in [1.54, 1.807) is 24.3 Å². The zero-order chi connectivity index (χ0) is 16.0. The Hall–Kier alpha value is -1.88. The maximum atomic E-state index is 13.2. The van der Waals surface area contributed by atoms with Crippen LogP contribution in [0.15, 0.2) is 40.6 Å². The van der Waals surface area contributed by atoms with Crippen molar-refractivity contribution in [2.45, 2.75) is 11.1 Å². The molecule has 0 bridgehead atoms.